The summed E-state index contributed by atoms with van der Waals surface area (Å²) in [6, 6.07) is 5.73. The predicted octanol–water partition coefficient (Wildman–Crippen LogP) is 2.59. The largest absolute Gasteiger partial charge is 0.402 e. The van der Waals surface area contributed by atoms with Gasteiger partial charge in [0.05, 0.1) is 5.69 Å². The first-order valence-corrected chi connectivity index (χ1v) is 4.52. The normalized spacial score (nSPS) is 11.0. The lowest BCUT2D eigenvalue weighted by Gasteiger charge is -2.26. The number of nitrogens with zero attached hydrogens (tertiary/aromatic N) is 1. The van der Waals surface area contributed by atoms with Crippen LogP contribution >= 0.6 is 0 Å². The van der Waals surface area contributed by atoms with E-state index in [4.69, 9.17) is 5.73 Å². The minimum Gasteiger partial charge on any atom is -0.402 e. The highest BCUT2D eigenvalue weighted by Gasteiger charge is 2.25. The Morgan fingerprint density at radius 2 is 2.00 bits per heavy atom. The van der Waals surface area contributed by atoms with Crippen molar-refractivity contribution >= 4 is 5.57 Å². The first-order valence-electron chi connectivity index (χ1n) is 4.52. The zero-order valence-corrected chi connectivity index (χ0v) is 8.75. The van der Waals surface area contributed by atoms with E-state index >= 15 is 0 Å². The van der Waals surface area contributed by atoms with Gasteiger partial charge in [0.2, 0.25) is 0 Å². The van der Waals surface area contributed by atoms with Crippen LogP contribution in [0.15, 0.2) is 43.3 Å². The van der Waals surface area contributed by atoms with E-state index in [2.05, 4.69) is 18.1 Å². The summed E-state index contributed by atoms with van der Waals surface area (Å²) in [7, 11) is 0. The van der Waals surface area contributed by atoms with E-state index in [1.165, 1.54) is 0 Å². The zero-order chi connectivity index (χ0) is 10.8. The summed E-state index contributed by atoms with van der Waals surface area (Å²) in [4.78, 5) is 4.23. The maximum absolute atomic E-state index is 5.73. The standard InChI is InChI=1S/C12H16N2/c1-9(12(3,4)10(2)13)11-7-5-6-8-14-11/h5-8H,1-2,13H2,3-4H3. The monoisotopic (exact) mass is 188 g/mol. The van der Waals surface area contributed by atoms with Gasteiger partial charge in [-0.2, -0.15) is 0 Å². The second kappa shape index (κ2) is 3.66. The van der Waals surface area contributed by atoms with E-state index in [0.717, 1.165) is 11.3 Å². The van der Waals surface area contributed by atoms with Crippen molar-refractivity contribution in [2.45, 2.75) is 13.8 Å². The van der Waals surface area contributed by atoms with Crippen LogP contribution in [-0.2, 0) is 0 Å². The molecule has 2 N–H and O–H groups in total. The van der Waals surface area contributed by atoms with Crippen molar-refractivity contribution in [1.29, 1.82) is 0 Å². The predicted molar refractivity (Wildman–Crippen MR) is 60.4 cm³/mol. The molecule has 1 heterocycles. The lowest BCUT2D eigenvalue weighted by Crippen LogP contribution is -2.21. The van der Waals surface area contributed by atoms with Gasteiger partial charge in [-0.3, -0.25) is 4.98 Å². The molecule has 0 unspecified atom stereocenters. The summed E-state index contributed by atoms with van der Waals surface area (Å²) in [5.41, 5.74) is 7.78. The van der Waals surface area contributed by atoms with Crippen molar-refractivity contribution in [3.8, 4) is 0 Å². The van der Waals surface area contributed by atoms with Crippen molar-refractivity contribution in [3.63, 3.8) is 0 Å². The molecule has 0 aromatic carbocycles. The maximum atomic E-state index is 5.73. The smallest absolute Gasteiger partial charge is 0.0665 e. The third kappa shape index (κ3) is 1.84. The highest BCUT2D eigenvalue weighted by Crippen LogP contribution is 2.35. The van der Waals surface area contributed by atoms with Crippen LogP contribution in [0.1, 0.15) is 19.5 Å². The van der Waals surface area contributed by atoms with Gasteiger partial charge in [-0.1, -0.05) is 33.1 Å². The quantitative estimate of drug-likeness (QED) is 0.791. The summed E-state index contributed by atoms with van der Waals surface area (Å²) in [5.74, 6) is 0. The molecule has 0 atom stereocenters. The Morgan fingerprint density at radius 1 is 1.36 bits per heavy atom. The second-order valence-corrected chi connectivity index (χ2v) is 3.84. The van der Waals surface area contributed by atoms with Crippen LogP contribution in [0.3, 0.4) is 0 Å². The van der Waals surface area contributed by atoms with E-state index in [9.17, 15) is 0 Å². The van der Waals surface area contributed by atoms with Gasteiger partial charge in [0.15, 0.2) is 0 Å². The summed E-state index contributed by atoms with van der Waals surface area (Å²) in [5, 5.41) is 0. The van der Waals surface area contributed by atoms with Gasteiger partial charge in [-0.05, 0) is 17.7 Å². The Kier molecular flexibility index (Phi) is 2.75. The van der Waals surface area contributed by atoms with Crippen LogP contribution in [0, 0.1) is 5.41 Å². The minimum absolute atomic E-state index is 0.311. The van der Waals surface area contributed by atoms with Crippen LogP contribution < -0.4 is 5.73 Å². The Bertz CT molecular complexity index is 350. The molecule has 14 heavy (non-hydrogen) atoms. The molecule has 2 heteroatoms. The van der Waals surface area contributed by atoms with E-state index in [1.54, 1.807) is 6.20 Å². The van der Waals surface area contributed by atoms with Crippen LogP contribution in [0.25, 0.3) is 5.57 Å². The number of allylic oxidation sites excluding steroid dienone is 1. The molecule has 1 rings (SSSR count). The molecule has 1 aromatic rings. The van der Waals surface area contributed by atoms with Gasteiger partial charge >= 0.3 is 0 Å². The number of hydrogen-bond donors (Lipinski definition) is 1. The topological polar surface area (TPSA) is 38.9 Å². The molecule has 2 nitrogen and oxygen atoms in total. The van der Waals surface area contributed by atoms with Crippen molar-refractivity contribution in [3.05, 3.63) is 48.9 Å². The van der Waals surface area contributed by atoms with Crippen molar-refractivity contribution < 1.29 is 0 Å². The minimum atomic E-state index is -0.311. The Balaban J connectivity index is 3.03. The van der Waals surface area contributed by atoms with Crippen molar-refractivity contribution in [2.75, 3.05) is 0 Å². The number of aromatic nitrogens is 1. The molecule has 0 spiro atoms. The Hall–Kier alpha value is -1.57. The summed E-state index contributed by atoms with van der Waals surface area (Å²) in [6.07, 6.45) is 1.75. The molecule has 0 bridgehead atoms. The fourth-order valence-corrected chi connectivity index (χ4v) is 1.06. The van der Waals surface area contributed by atoms with E-state index in [-0.39, 0.29) is 5.41 Å². The molecule has 0 aliphatic rings. The zero-order valence-electron chi connectivity index (χ0n) is 8.75. The number of nitrogens with two attached hydrogens (primary N) is 1. The van der Waals surface area contributed by atoms with Gasteiger partial charge in [0.1, 0.15) is 0 Å². The third-order valence-electron chi connectivity index (χ3n) is 2.53. The molecular formula is C12H16N2. The first kappa shape index (κ1) is 10.5. The fraction of sp³-hybridized carbons (Fsp3) is 0.250. The SMILES string of the molecule is C=C(N)C(C)(C)C(=C)c1ccccn1. The molecule has 0 aliphatic heterocycles. The van der Waals surface area contributed by atoms with Gasteiger partial charge in [0.25, 0.3) is 0 Å². The van der Waals surface area contributed by atoms with Crippen LogP contribution in [0.5, 0.6) is 0 Å². The molecule has 1 aromatic heterocycles. The molecule has 0 saturated carbocycles. The van der Waals surface area contributed by atoms with Crippen LogP contribution in [-0.4, -0.2) is 4.98 Å². The number of hydrogen-bond acceptors (Lipinski definition) is 2. The van der Waals surface area contributed by atoms with Gasteiger partial charge in [-0.25, -0.2) is 0 Å². The van der Waals surface area contributed by atoms with Gasteiger partial charge in [-0.15, -0.1) is 0 Å². The lowest BCUT2D eigenvalue weighted by molar-refractivity contribution is 0.595. The molecule has 0 aliphatic carbocycles. The van der Waals surface area contributed by atoms with E-state index in [1.807, 2.05) is 32.0 Å². The third-order valence-corrected chi connectivity index (χ3v) is 2.53. The molecule has 74 valence electrons. The van der Waals surface area contributed by atoms with Crippen molar-refractivity contribution in [2.24, 2.45) is 11.1 Å². The van der Waals surface area contributed by atoms with Crippen LogP contribution in [0.2, 0.25) is 0 Å². The lowest BCUT2D eigenvalue weighted by atomic mass is 9.81. The van der Waals surface area contributed by atoms with Gasteiger partial charge < -0.3 is 5.73 Å². The van der Waals surface area contributed by atoms with Crippen LogP contribution in [0.4, 0.5) is 0 Å². The summed E-state index contributed by atoms with van der Waals surface area (Å²) in [6.45, 7) is 11.8. The Labute approximate surface area is 85.2 Å². The first-order chi connectivity index (χ1) is 6.46. The fourth-order valence-electron chi connectivity index (χ4n) is 1.06. The van der Waals surface area contributed by atoms with Gasteiger partial charge in [0, 0.05) is 17.3 Å². The van der Waals surface area contributed by atoms with Crippen molar-refractivity contribution in [1.82, 2.24) is 4.98 Å². The highest BCUT2D eigenvalue weighted by molar-refractivity contribution is 5.67. The molecular weight excluding hydrogens is 172 g/mol. The number of rotatable bonds is 3. The van der Waals surface area contributed by atoms with E-state index in [0.29, 0.717) is 5.70 Å². The number of pyridine rings is 1. The summed E-state index contributed by atoms with van der Waals surface area (Å²) < 4.78 is 0. The molecule has 0 fully saturated rings. The summed E-state index contributed by atoms with van der Waals surface area (Å²) >= 11 is 0. The highest BCUT2D eigenvalue weighted by atomic mass is 14.7. The maximum Gasteiger partial charge on any atom is 0.0665 e. The average molecular weight is 188 g/mol. The molecule has 0 saturated heterocycles. The molecule has 0 amide bonds. The molecule has 0 radical (unpaired) electrons. The Morgan fingerprint density at radius 3 is 2.43 bits per heavy atom. The second-order valence-electron chi connectivity index (χ2n) is 3.84. The van der Waals surface area contributed by atoms with E-state index < -0.39 is 0 Å². The average Bonchev–Trinajstić information content (AvgIpc) is 2.17.